The van der Waals surface area contributed by atoms with E-state index < -0.39 is 14.6 Å². The molecule has 0 aliphatic carbocycles. The van der Waals surface area contributed by atoms with Crippen LogP contribution in [0.1, 0.15) is 33.6 Å². The van der Waals surface area contributed by atoms with Gasteiger partial charge in [-0.1, -0.05) is 0 Å². The number of nitrogens with one attached hydrogen (secondary N) is 1. The lowest BCUT2D eigenvalue weighted by Gasteiger charge is -2.33. The molecule has 0 aromatic heterocycles. The van der Waals surface area contributed by atoms with Gasteiger partial charge in [0.2, 0.25) is 0 Å². The molecule has 1 unspecified atom stereocenters. The molecule has 1 N–H and O–H groups in total. The van der Waals surface area contributed by atoms with E-state index in [-0.39, 0.29) is 0 Å². The lowest BCUT2D eigenvalue weighted by Crippen LogP contribution is -2.47. The van der Waals surface area contributed by atoms with Gasteiger partial charge in [0.15, 0.2) is 9.84 Å². The summed E-state index contributed by atoms with van der Waals surface area (Å²) in [5, 5.41) is 3.45. The highest BCUT2D eigenvalue weighted by atomic mass is 32.2. The first-order valence-corrected chi connectivity index (χ1v) is 8.27. The average molecular weight is 262 g/mol. The number of nitrogens with zero attached hydrogens (tertiary/aromatic N) is 1. The van der Waals surface area contributed by atoms with Crippen molar-refractivity contribution < 1.29 is 8.42 Å². The summed E-state index contributed by atoms with van der Waals surface area (Å²) in [6, 6.07) is 0.527. The fourth-order valence-electron chi connectivity index (χ4n) is 2.06. The van der Waals surface area contributed by atoms with Gasteiger partial charge in [0, 0.05) is 18.8 Å². The first-order valence-electron chi connectivity index (χ1n) is 6.38. The highest BCUT2D eigenvalue weighted by molar-refractivity contribution is 7.92. The Morgan fingerprint density at radius 2 is 2.00 bits per heavy atom. The zero-order chi connectivity index (χ0) is 13.1. The van der Waals surface area contributed by atoms with Crippen molar-refractivity contribution in [2.45, 2.75) is 44.4 Å². The van der Waals surface area contributed by atoms with Crippen LogP contribution in [0.3, 0.4) is 0 Å². The van der Waals surface area contributed by atoms with E-state index in [0.29, 0.717) is 12.6 Å². The van der Waals surface area contributed by atoms with E-state index in [2.05, 4.69) is 17.1 Å². The van der Waals surface area contributed by atoms with Crippen LogP contribution in [0.15, 0.2) is 0 Å². The molecule has 102 valence electrons. The minimum absolute atomic E-state index is 0.527. The van der Waals surface area contributed by atoms with Gasteiger partial charge in [-0.3, -0.25) is 0 Å². The van der Waals surface area contributed by atoms with E-state index in [1.54, 1.807) is 0 Å². The predicted molar refractivity (Wildman–Crippen MR) is 72.1 cm³/mol. The van der Waals surface area contributed by atoms with Gasteiger partial charge in [-0.2, -0.15) is 0 Å². The van der Waals surface area contributed by atoms with Gasteiger partial charge < -0.3 is 10.2 Å². The highest BCUT2D eigenvalue weighted by Gasteiger charge is 2.32. The molecule has 1 heterocycles. The van der Waals surface area contributed by atoms with Gasteiger partial charge in [-0.25, -0.2) is 8.42 Å². The highest BCUT2D eigenvalue weighted by Crippen LogP contribution is 2.18. The van der Waals surface area contributed by atoms with Gasteiger partial charge in [0.25, 0.3) is 0 Å². The molecular weight excluding hydrogens is 236 g/mol. The number of rotatable bonds is 3. The van der Waals surface area contributed by atoms with Crippen LogP contribution in [0.2, 0.25) is 0 Å². The topological polar surface area (TPSA) is 49.4 Å². The molecule has 0 bridgehead atoms. The van der Waals surface area contributed by atoms with Crippen LogP contribution < -0.4 is 5.32 Å². The van der Waals surface area contributed by atoms with E-state index >= 15 is 0 Å². The predicted octanol–water partition coefficient (Wildman–Crippen LogP) is 0.884. The maximum absolute atomic E-state index is 11.7. The van der Waals surface area contributed by atoms with Gasteiger partial charge >= 0.3 is 0 Å². The van der Waals surface area contributed by atoms with Crippen molar-refractivity contribution in [3.63, 3.8) is 0 Å². The molecule has 1 fully saturated rings. The molecule has 0 radical (unpaired) electrons. The summed E-state index contributed by atoms with van der Waals surface area (Å²) in [4.78, 5) is 2.29. The minimum atomic E-state index is -2.99. The molecule has 1 atom stereocenters. The van der Waals surface area contributed by atoms with Crippen LogP contribution in [0.5, 0.6) is 0 Å². The second-order valence-corrected chi connectivity index (χ2v) is 8.45. The third-order valence-corrected chi connectivity index (χ3v) is 5.77. The van der Waals surface area contributed by atoms with E-state index in [4.69, 9.17) is 0 Å². The Morgan fingerprint density at radius 3 is 2.59 bits per heavy atom. The fraction of sp³-hybridized carbons (Fsp3) is 1.00. The van der Waals surface area contributed by atoms with E-state index in [1.165, 1.54) is 6.26 Å². The van der Waals surface area contributed by atoms with Gasteiger partial charge in [0.1, 0.15) is 0 Å². The Morgan fingerprint density at radius 1 is 1.35 bits per heavy atom. The third kappa shape index (κ3) is 4.56. The van der Waals surface area contributed by atoms with Gasteiger partial charge in [-0.05, 0) is 53.2 Å². The molecule has 1 aliphatic rings. The lowest BCUT2D eigenvalue weighted by atomic mass is 10.1. The second-order valence-electron chi connectivity index (χ2n) is 5.81. The molecule has 1 saturated heterocycles. The van der Waals surface area contributed by atoms with Crippen LogP contribution in [0.25, 0.3) is 0 Å². The van der Waals surface area contributed by atoms with Crippen molar-refractivity contribution in [2.24, 2.45) is 0 Å². The number of hydrogen-bond donors (Lipinski definition) is 1. The Bertz CT molecular complexity index is 338. The monoisotopic (exact) mass is 262 g/mol. The average Bonchev–Trinajstić information content (AvgIpc) is 2.15. The van der Waals surface area contributed by atoms with Crippen molar-refractivity contribution in [3.05, 3.63) is 0 Å². The molecule has 0 saturated carbocycles. The number of hydrogen-bond acceptors (Lipinski definition) is 4. The molecule has 0 aromatic carbocycles. The van der Waals surface area contributed by atoms with Crippen LogP contribution in [-0.4, -0.2) is 56.5 Å². The van der Waals surface area contributed by atoms with Crippen LogP contribution in [-0.2, 0) is 9.84 Å². The first-order chi connectivity index (χ1) is 7.72. The third-order valence-electron chi connectivity index (χ3n) is 3.63. The Balaban J connectivity index is 2.60. The number of sulfone groups is 1. The molecule has 1 rings (SSSR count). The Hall–Kier alpha value is -0.130. The maximum Gasteiger partial charge on any atom is 0.153 e. The summed E-state index contributed by atoms with van der Waals surface area (Å²) >= 11 is 0. The van der Waals surface area contributed by atoms with E-state index in [9.17, 15) is 8.42 Å². The molecule has 0 spiro atoms. The maximum atomic E-state index is 11.7. The molecule has 0 amide bonds. The molecule has 0 aromatic rings. The first kappa shape index (κ1) is 14.9. The van der Waals surface area contributed by atoms with Crippen molar-refractivity contribution in [1.29, 1.82) is 0 Å². The van der Waals surface area contributed by atoms with Crippen molar-refractivity contribution >= 4 is 9.84 Å². The van der Waals surface area contributed by atoms with E-state index in [0.717, 1.165) is 32.5 Å². The zero-order valence-corrected chi connectivity index (χ0v) is 12.3. The van der Waals surface area contributed by atoms with Gasteiger partial charge in [-0.15, -0.1) is 0 Å². The molecule has 1 aliphatic heterocycles. The molecule has 4 nitrogen and oxygen atoms in total. The molecule has 5 heteroatoms. The molecule has 17 heavy (non-hydrogen) atoms. The summed E-state index contributed by atoms with van der Waals surface area (Å²) in [6.45, 7) is 9.46. The summed E-state index contributed by atoms with van der Waals surface area (Å²) in [5.74, 6) is 0. The normalized spacial score (nSPS) is 25.3. The van der Waals surface area contributed by atoms with Crippen molar-refractivity contribution in [2.75, 3.05) is 32.4 Å². The summed E-state index contributed by atoms with van der Waals surface area (Å²) in [5.41, 5.74) is 0. The lowest BCUT2D eigenvalue weighted by molar-refractivity contribution is 0.220. The standard InChI is InChI=1S/C12H26N2O2S/c1-11-6-9-14(8-5-7-13-11)10-12(2,3)17(4,15)16/h11,13H,5-10H2,1-4H3. The van der Waals surface area contributed by atoms with Crippen LogP contribution in [0, 0.1) is 0 Å². The SMILES string of the molecule is CC1CCN(CC(C)(C)S(C)(=O)=O)CCCN1. The fourth-order valence-corrected chi connectivity index (χ4v) is 2.47. The Kier molecular flexibility index (Phi) is 4.98. The smallest absolute Gasteiger partial charge is 0.153 e. The minimum Gasteiger partial charge on any atom is -0.314 e. The molecular formula is C12H26N2O2S. The zero-order valence-electron chi connectivity index (χ0n) is 11.5. The summed E-state index contributed by atoms with van der Waals surface area (Å²) in [7, 11) is -2.99. The summed E-state index contributed by atoms with van der Waals surface area (Å²) < 4.78 is 22.8. The quantitative estimate of drug-likeness (QED) is 0.820. The van der Waals surface area contributed by atoms with E-state index in [1.807, 2.05) is 13.8 Å². The summed E-state index contributed by atoms with van der Waals surface area (Å²) in [6.07, 6.45) is 3.51. The second kappa shape index (κ2) is 5.67. The van der Waals surface area contributed by atoms with Crippen molar-refractivity contribution in [3.8, 4) is 0 Å². The van der Waals surface area contributed by atoms with Gasteiger partial charge in [0.05, 0.1) is 4.75 Å². The largest absolute Gasteiger partial charge is 0.314 e. The Labute approximate surface area is 106 Å². The van der Waals surface area contributed by atoms with Crippen molar-refractivity contribution in [1.82, 2.24) is 10.2 Å². The van der Waals surface area contributed by atoms with Crippen LogP contribution >= 0.6 is 0 Å². The van der Waals surface area contributed by atoms with Crippen LogP contribution in [0.4, 0.5) is 0 Å².